The molecule has 45 heavy (non-hydrogen) atoms. The molecule has 6 aromatic rings. The van der Waals surface area contributed by atoms with E-state index in [1.165, 1.54) is 16.7 Å². The molecule has 4 aromatic carbocycles. The second kappa shape index (κ2) is 11.0. The number of aromatic nitrogens is 3. The summed E-state index contributed by atoms with van der Waals surface area (Å²) in [5.41, 5.74) is 13.9. The van der Waals surface area contributed by atoms with E-state index in [2.05, 4.69) is 121 Å². The highest BCUT2D eigenvalue weighted by Gasteiger charge is 2.29. The van der Waals surface area contributed by atoms with Gasteiger partial charge in [-0.05, 0) is 95.8 Å². The standard InChI is InChI=1S/C41H43N3O/c1-25-21-26(2)38(27(3)22-25)44-35-18-14-16-28(37(35)43-39(44)29-15-10-11-19-36(29)45)30-23-31(34-17-12-13-20-42-34)33(41(7,8)9)24-32(30)40(4,5)6/h10-24,45H,1-9H3. The summed E-state index contributed by atoms with van der Waals surface area (Å²) in [4.78, 5) is 10.2. The summed E-state index contributed by atoms with van der Waals surface area (Å²) in [6.07, 6.45) is 1.87. The topological polar surface area (TPSA) is 50.9 Å². The van der Waals surface area contributed by atoms with Crippen molar-refractivity contribution in [3.63, 3.8) is 0 Å². The summed E-state index contributed by atoms with van der Waals surface area (Å²) in [5.74, 6) is 0.930. The monoisotopic (exact) mass is 593 g/mol. The van der Waals surface area contributed by atoms with Crippen LogP contribution >= 0.6 is 0 Å². The highest BCUT2D eigenvalue weighted by Crippen LogP contribution is 2.45. The maximum atomic E-state index is 11.1. The third-order valence-electron chi connectivity index (χ3n) is 8.69. The van der Waals surface area contributed by atoms with Crippen LogP contribution in [0.25, 0.3) is 50.5 Å². The second-order valence-electron chi connectivity index (χ2n) is 14.4. The zero-order chi connectivity index (χ0) is 32.3. The second-order valence-corrected chi connectivity index (χ2v) is 14.4. The fraction of sp³-hybridized carbons (Fsp3) is 0.268. The average molecular weight is 594 g/mol. The fourth-order valence-electron chi connectivity index (χ4n) is 6.71. The largest absolute Gasteiger partial charge is 0.507 e. The molecule has 0 amide bonds. The van der Waals surface area contributed by atoms with Crippen molar-refractivity contribution in [2.75, 3.05) is 0 Å². The predicted molar refractivity (Wildman–Crippen MR) is 188 cm³/mol. The van der Waals surface area contributed by atoms with E-state index in [4.69, 9.17) is 9.97 Å². The zero-order valence-electron chi connectivity index (χ0n) is 27.9. The molecule has 0 radical (unpaired) electrons. The van der Waals surface area contributed by atoms with Gasteiger partial charge in [0.15, 0.2) is 0 Å². The van der Waals surface area contributed by atoms with Crippen molar-refractivity contribution in [1.29, 1.82) is 0 Å². The number of imidazole rings is 1. The molecule has 4 heteroatoms. The van der Waals surface area contributed by atoms with Gasteiger partial charge in [0.2, 0.25) is 0 Å². The van der Waals surface area contributed by atoms with Gasteiger partial charge in [-0.2, -0.15) is 0 Å². The first-order valence-corrected chi connectivity index (χ1v) is 15.7. The van der Waals surface area contributed by atoms with Crippen molar-refractivity contribution < 1.29 is 5.11 Å². The molecule has 4 nitrogen and oxygen atoms in total. The lowest BCUT2D eigenvalue weighted by Crippen LogP contribution is -2.19. The van der Waals surface area contributed by atoms with Gasteiger partial charge >= 0.3 is 0 Å². The van der Waals surface area contributed by atoms with Crippen LogP contribution < -0.4 is 0 Å². The molecule has 0 fully saturated rings. The SMILES string of the molecule is Cc1cc(C)c(-n2c(-c3ccccc3O)nc3c(-c4cc(-c5ccccn5)c(C(C)(C)C)cc4C(C)(C)C)cccc32)c(C)c1. The molecule has 0 atom stereocenters. The molecule has 0 bridgehead atoms. The van der Waals surface area contributed by atoms with Crippen LogP contribution in [0.15, 0.2) is 91.1 Å². The lowest BCUT2D eigenvalue weighted by molar-refractivity contribution is 0.477. The molecule has 228 valence electrons. The van der Waals surface area contributed by atoms with Gasteiger partial charge in [-0.15, -0.1) is 0 Å². The number of aryl methyl sites for hydroxylation is 3. The third kappa shape index (κ3) is 5.44. The number of phenols is 1. The molecule has 1 N–H and O–H groups in total. The zero-order valence-corrected chi connectivity index (χ0v) is 27.9. The van der Waals surface area contributed by atoms with Crippen molar-refractivity contribution in [3.8, 4) is 45.2 Å². The molecule has 0 saturated heterocycles. The fourth-order valence-corrected chi connectivity index (χ4v) is 6.71. The van der Waals surface area contributed by atoms with Crippen LogP contribution in [0.3, 0.4) is 0 Å². The molecule has 0 spiro atoms. The van der Waals surface area contributed by atoms with E-state index in [0.29, 0.717) is 5.56 Å². The average Bonchev–Trinajstić information content (AvgIpc) is 3.35. The first-order valence-electron chi connectivity index (χ1n) is 15.7. The molecule has 0 aliphatic carbocycles. The maximum absolute atomic E-state index is 11.1. The lowest BCUT2D eigenvalue weighted by atomic mass is 9.74. The van der Waals surface area contributed by atoms with Gasteiger partial charge in [0, 0.05) is 17.3 Å². The normalized spacial score (nSPS) is 12.2. The van der Waals surface area contributed by atoms with E-state index < -0.39 is 0 Å². The minimum absolute atomic E-state index is 0.0858. The summed E-state index contributed by atoms with van der Waals surface area (Å²) in [6, 6.07) is 29.2. The molecular weight excluding hydrogens is 550 g/mol. The summed E-state index contributed by atoms with van der Waals surface area (Å²) in [7, 11) is 0. The van der Waals surface area contributed by atoms with Crippen molar-refractivity contribution in [2.45, 2.75) is 73.1 Å². The number of hydrogen-bond acceptors (Lipinski definition) is 3. The van der Waals surface area contributed by atoms with Gasteiger partial charge in [0.25, 0.3) is 0 Å². The maximum Gasteiger partial charge on any atom is 0.149 e. The molecule has 6 rings (SSSR count). The Labute approximate surface area is 267 Å². The van der Waals surface area contributed by atoms with Crippen LogP contribution in [-0.4, -0.2) is 19.6 Å². The molecule has 2 heterocycles. The molecule has 0 aliphatic rings. The van der Waals surface area contributed by atoms with Crippen LogP contribution in [0.1, 0.15) is 69.4 Å². The van der Waals surface area contributed by atoms with Gasteiger partial charge in [0.1, 0.15) is 11.6 Å². The number of benzene rings is 4. The smallest absolute Gasteiger partial charge is 0.149 e. The van der Waals surface area contributed by atoms with Crippen molar-refractivity contribution >= 4 is 11.0 Å². The van der Waals surface area contributed by atoms with Crippen LogP contribution in [0.2, 0.25) is 0 Å². The molecule has 0 aliphatic heterocycles. The van der Waals surface area contributed by atoms with E-state index in [0.717, 1.165) is 56.1 Å². The van der Waals surface area contributed by atoms with Crippen LogP contribution in [0.4, 0.5) is 0 Å². The Balaban J connectivity index is 1.76. The Morgan fingerprint density at radius 2 is 1.24 bits per heavy atom. The lowest BCUT2D eigenvalue weighted by Gasteiger charge is -2.30. The van der Waals surface area contributed by atoms with Crippen molar-refractivity contribution in [1.82, 2.24) is 14.5 Å². The molecular formula is C41H43N3O. The Hall–Kier alpha value is -4.70. The van der Waals surface area contributed by atoms with Gasteiger partial charge in [0.05, 0.1) is 28.0 Å². The summed E-state index contributed by atoms with van der Waals surface area (Å²) in [5, 5.41) is 11.1. The Kier molecular flexibility index (Phi) is 7.43. The Morgan fingerprint density at radius 1 is 0.622 bits per heavy atom. The van der Waals surface area contributed by atoms with Gasteiger partial charge < -0.3 is 5.11 Å². The third-order valence-corrected chi connectivity index (χ3v) is 8.69. The first-order chi connectivity index (χ1) is 21.3. The van der Waals surface area contributed by atoms with Crippen molar-refractivity contribution in [2.24, 2.45) is 0 Å². The summed E-state index contributed by atoms with van der Waals surface area (Å²) >= 11 is 0. The number of para-hydroxylation sites is 2. The quantitative estimate of drug-likeness (QED) is 0.221. The van der Waals surface area contributed by atoms with E-state index in [1.807, 2.05) is 30.5 Å². The van der Waals surface area contributed by atoms with Crippen LogP contribution in [0.5, 0.6) is 5.75 Å². The van der Waals surface area contributed by atoms with E-state index >= 15 is 0 Å². The number of nitrogens with zero attached hydrogens (tertiary/aromatic N) is 3. The van der Waals surface area contributed by atoms with Gasteiger partial charge in [-0.3, -0.25) is 9.55 Å². The molecule has 0 saturated carbocycles. The molecule has 0 unspecified atom stereocenters. The van der Waals surface area contributed by atoms with Crippen molar-refractivity contribution in [3.05, 3.63) is 119 Å². The number of phenolic OH excluding ortho intramolecular Hbond substituents is 1. The highest BCUT2D eigenvalue weighted by atomic mass is 16.3. The van der Waals surface area contributed by atoms with Gasteiger partial charge in [-0.1, -0.05) is 95.6 Å². The van der Waals surface area contributed by atoms with E-state index in [-0.39, 0.29) is 16.6 Å². The summed E-state index contributed by atoms with van der Waals surface area (Å²) < 4.78 is 2.23. The Morgan fingerprint density at radius 3 is 1.87 bits per heavy atom. The number of fused-ring (bicyclic) bond motifs is 1. The number of pyridine rings is 1. The number of aromatic hydroxyl groups is 1. The minimum Gasteiger partial charge on any atom is -0.507 e. The van der Waals surface area contributed by atoms with E-state index in [1.54, 1.807) is 6.07 Å². The van der Waals surface area contributed by atoms with Gasteiger partial charge in [-0.25, -0.2) is 4.98 Å². The highest BCUT2D eigenvalue weighted by molar-refractivity contribution is 5.98. The summed E-state index contributed by atoms with van der Waals surface area (Å²) in [6.45, 7) is 20.1. The van der Waals surface area contributed by atoms with Crippen LogP contribution in [-0.2, 0) is 10.8 Å². The van der Waals surface area contributed by atoms with E-state index in [9.17, 15) is 5.11 Å². The first kappa shape index (κ1) is 30.3. The number of rotatable bonds is 4. The number of hydrogen-bond donors (Lipinski definition) is 1. The minimum atomic E-state index is -0.132. The van der Waals surface area contributed by atoms with Crippen LogP contribution in [0, 0.1) is 20.8 Å². The Bertz CT molecular complexity index is 2030. The predicted octanol–water partition coefficient (Wildman–Crippen LogP) is 10.6. The molecule has 2 aromatic heterocycles.